The standard InChI is InChI=1S/C5H16O3Si2.Al/c1-9(2,3)8-10(4,5,6)7;/h6H,1-5H3;/q-2;. The van der Waals surface area contributed by atoms with Crippen molar-refractivity contribution in [1.82, 2.24) is 0 Å². The van der Waals surface area contributed by atoms with Crippen LogP contribution in [0, 0.1) is 0 Å². The maximum absolute atomic E-state index is 9.85. The van der Waals surface area contributed by atoms with Gasteiger partial charge >= 0.3 is 78.1 Å². The molecule has 0 heterocycles. The first-order chi connectivity index (χ1) is 4.53. The van der Waals surface area contributed by atoms with Crippen molar-refractivity contribution in [3.63, 3.8) is 0 Å². The molecule has 0 saturated heterocycles. The fourth-order valence-electron chi connectivity index (χ4n) is 0.898. The minimum absolute atomic E-state index is 1.64. The first kappa shape index (κ1) is 11.8. The van der Waals surface area contributed by atoms with E-state index in [4.69, 9.17) is 7.59 Å². The second-order valence-corrected chi connectivity index (χ2v) is 14.4. The molecule has 3 nitrogen and oxygen atoms in total. The van der Waals surface area contributed by atoms with E-state index in [1.54, 1.807) is 13.1 Å². The molecule has 0 rings (SSSR count). The maximum atomic E-state index is 9.85. The molecule has 3 radical (unpaired) electrons. The van der Waals surface area contributed by atoms with E-state index in [1.807, 2.05) is 19.6 Å². The van der Waals surface area contributed by atoms with Gasteiger partial charge in [0.1, 0.15) is 0 Å². The van der Waals surface area contributed by atoms with E-state index in [0.29, 0.717) is 0 Å². The molecule has 0 aromatic heterocycles. The molecule has 0 aliphatic heterocycles. The SMILES string of the molecule is C[Si](C)(C)O[Si-](C)(C)(O)[O][Al-]. The molecule has 0 spiro atoms. The van der Waals surface area contributed by atoms with Gasteiger partial charge in [-0.3, -0.25) is 0 Å². The van der Waals surface area contributed by atoms with Crippen LogP contribution in [0.4, 0.5) is 0 Å². The number of hydrogen-bond donors (Lipinski definition) is 1. The van der Waals surface area contributed by atoms with E-state index in [0.717, 1.165) is 0 Å². The average molecular weight is 207 g/mol. The summed E-state index contributed by atoms with van der Waals surface area (Å²) in [6.07, 6.45) is 0. The summed E-state index contributed by atoms with van der Waals surface area (Å²) in [7, 11) is -5.19. The molecule has 1 N–H and O–H groups in total. The van der Waals surface area contributed by atoms with Crippen LogP contribution in [-0.4, -0.2) is 37.8 Å². The van der Waals surface area contributed by atoms with Gasteiger partial charge in [-0.15, -0.1) is 0 Å². The molecule has 6 heteroatoms. The predicted molar refractivity (Wildman–Crippen MR) is 51.0 cm³/mol. The van der Waals surface area contributed by atoms with Crippen molar-refractivity contribution in [2.24, 2.45) is 0 Å². The van der Waals surface area contributed by atoms with Crippen LogP contribution < -0.4 is 0 Å². The molecular weight excluding hydrogens is 191 g/mol. The van der Waals surface area contributed by atoms with Gasteiger partial charge in [-0.25, -0.2) is 0 Å². The van der Waals surface area contributed by atoms with Gasteiger partial charge in [0.15, 0.2) is 0 Å². The van der Waals surface area contributed by atoms with Crippen LogP contribution in [0.15, 0.2) is 0 Å². The van der Waals surface area contributed by atoms with Crippen LogP contribution >= 0.6 is 0 Å². The summed E-state index contributed by atoms with van der Waals surface area (Å²) in [6, 6.07) is 0. The van der Waals surface area contributed by atoms with Crippen molar-refractivity contribution in [2.45, 2.75) is 32.7 Å². The van der Waals surface area contributed by atoms with Crippen LogP contribution in [0.5, 0.6) is 0 Å². The Bertz CT molecular complexity index is 146. The third kappa shape index (κ3) is 6.05. The Hall–Kier alpha value is 0.846. The fourth-order valence-corrected chi connectivity index (χ4v) is 8.52. The minimum atomic E-state index is -3.48. The molecule has 0 unspecified atom stereocenters. The molecule has 0 aliphatic carbocycles. The molecule has 0 atom stereocenters. The Kier molecular flexibility index (Phi) is 3.19. The van der Waals surface area contributed by atoms with Crippen molar-refractivity contribution >= 4 is 33.0 Å². The summed E-state index contributed by atoms with van der Waals surface area (Å²) in [5, 5.41) is 0. The summed E-state index contributed by atoms with van der Waals surface area (Å²) in [5.74, 6) is 0. The van der Waals surface area contributed by atoms with Crippen molar-refractivity contribution in [3.05, 3.63) is 0 Å². The van der Waals surface area contributed by atoms with Gasteiger partial charge in [0.05, 0.1) is 0 Å². The van der Waals surface area contributed by atoms with Crippen molar-refractivity contribution in [2.75, 3.05) is 0 Å². The Labute approximate surface area is 78.4 Å². The molecule has 0 bridgehead atoms. The Balaban J connectivity index is 4.35. The van der Waals surface area contributed by atoms with E-state index in [2.05, 4.69) is 16.6 Å². The van der Waals surface area contributed by atoms with E-state index in [9.17, 15) is 4.80 Å². The molecule has 0 aromatic rings. The summed E-state index contributed by atoms with van der Waals surface area (Å²) in [6.45, 7) is 9.35. The van der Waals surface area contributed by atoms with E-state index in [-0.39, 0.29) is 0 Å². The van der Waals surface area contributed by atoms with Crippen LogP contribution in [0.1, 0.15) is 0 Å². The summed E-state index contributed by atoms with van der Waals surface area (Å²) >= 11 is 2.07. The molecular formula is C5H16AlO3Si2-2. The zero-order valence-electron chi connectivity index (χ0n) is 7.84. The van der Waals surface area contributed by atoms with Crippen molar-refractivity contribution in [3.8, 4) is 0 Å². The monoisotopic (exact) mass is 207 g/mol. The van der Waals surface area contributed by atoms with Gasteiger partial charge in [0.25, 0.3) is 0 Å². The van der Waals surface area contributed by atoms with Gasteiger partial charge in [-0.2, -0.15) is 0 Å². The van der Waals surface area contributed by atoms with Crippen LogP contribution in [0.3, 0.4) is 0 Å². The Morgan fingerprint density at radius 3 is 1.73 bits per heavy atom. The second-order valence-electron chi connectivity index (χ2n) is 4.36. The molecule has 0 amide bonds. The zero-order chi connectivity index (χ0) is 9.36. The first-order valence-corrected chi connectivity index (χ1v) is 10.7. The van der Waals surface area contributed by atoms with Gasteiger partial charge in [-0.1, -0.05) is 0 Å². The fraction of sp³-hybridized carbons (Fsp3) is 1.00. The second kappa shape index (κ2) is 2.96. The third-order valence-corrected chi connectivity index (χ3v) is 8.41. The van der Waals surface area contributed by atoms with Crippen LogP contribution in [0.2, 0.25) is 32.7 Å². The molecule has 0 saturated carbocycles. The zero-order valence-corrected chi connectivity index (χ0v) is 11.0. The molecule has 11 heavy (non-hydrogen) atoms. The Morgan fingerprint density at radius 2 is 1.64 bits per heavy atom. The molecule has 0 aromatic carbocycles. The van der Waals surface area contributed by atoms with Crippen molar-refractivity contribution < 1.29 is 12.4 Å². The number of rotatable bonds is 3. The summed E-state index contributed by atoms with van der Waals surface area (Å²) < 4.78 is 10.5. The normalized spacial score (nSPS) is 17.5. The first-order valence-electron chi connectivity index (χ1n) is 3.57. The Morgan fingerprint density at radius 1 is 1.27 bits per heavy atom. The summed E-state index contributed by atoms with van der Waals surface area (Å²) in [5.41, 5.74) is 0. The van der Waals surface area contributed by atoms with E-state index in [1.165, 1.54) is 0 Å². The van der Waals surface area contributed by atoms with Gasteiger partial charge in [0, 0.05) is 0 Å². The third-order valence-electron chi connectivity index (χ3n) is 0.934. The van der Waals surface area contributed by atoms with Gasteiger partial charge < -0.3 is 0 Å². The van der Waals surface area contributed by atoms with Gasteiger partial charge in [0.2, 0.25) is 0 Å². The summed E-state index contributed by atoms with van der Waals surface area (Å²) in [4.78, 5) is 9.85. The van der Waals surface area contributed by atoms with Crippen LogP contribution in [-0.2, 0) is 7.59 Å². The average Bonchev–Trinajstić information content (AvgIpc) is 1.57. The molecule has 0 fully saturated rings. The molecule has 0 aliphatic rings. The quantitative estimate of drug-likeness (QED) is 0.704. The van der Waals surface area contributed by atoms with Gasteiger partial charge in [-0.05, 0) is 0 Å². The van der Waals surface area contributed by atoms with Crippen molar-refractivity contribution in [1.29, 1.82) is 0 Å². The van der Waals surface area contributed by atoms with E-state index < -0.39 is 16.4 Å². The number of hydrogen-bond acceptors (Lipinski definition) is 3. The van der Waals surface area contributed by atoms with Crippen LogP contribution in [0.25, 0.3) is 0 Å². The predicted octanol–water partition coefficient (Wildman–Crippen LogP) is 1.08. The molecule has 67 valence electrons. The van der Waals surface area contributed by atoms with E-state index >= 15 is 0 Å². The topological polar surface area (TPSA) is 38.7 Å².